The summed E-state index contributed by atoms with van der Waals surface area (Å²) in [6.07, 6.45) is 0. The van der Waals surface area contributed by atoms with Gasteiger partial charge in [0.25, 0.3) is 0 Å². The predicted molar refractivity (Wildman–Crippen MR) is 72.5 cm³/mol. The molecule has 0 saturated heterocycles. The molecule has 0 saturated carbocycles. The summed E-state index contributed by atoms with van der Waals surface area (Å²) in [4.78, 5) is 1.22. The number of nitrogens with one attached hydrogen (secondary N) is 1. The SMILES string of the molecule is CCOCC(CSc1ccccc1Br)NN. The molecule has 16 heavy (non-hydrogen) atoms. The molecule has 0 fully saturated rings. The first-order chi connectivity index (χ1) is 7.77. The highest BCUT2D eigenvalue weighted by atomic mass is 79.9. The van der Waals surface area contributed by atoms with Gasteiger partial charge in [0.15, 0.2) is 0 Å². The third-order valence-corrected chi connectivity index (χ3v) is 4.23. The zero-order valence-electron chi connectivity index (χ0n) is 9.28. The highest BCUT2D eigenvalue weighted by Crippen LogP contribution is 2.27. The van der Waals surface area contributed by atoms with E-state index in [1.54, 1.807) is 11.8 Å². The maximum atomic E-state index is 5.46. The largest absolute Gasteiger partial charge is 0.380 e. The van der Waals surface area contributed by atoms with E-state index < -0.39 is 0 Å². The first-order valence-electron chi connectivity index (χ1n) is 5.19. The van der Waals surface area contributed by atoms with E-state index in [0.717, 1.165) is 16.8 Å². The second-order valence-electron chi connectivity index (χ2n) is 3.26. The van der Waals surface area contributed by atoms with Crippen LogP contribution in [0.25, 0.3) is 0 Å². The quantitative estimate of drug-likeness (QED) is 0.461. The minimum absolute atomic E-state index is 0.178. The molecule has 0 aromatic heterocycles. The Hall–Kier alpha value is -0.0700. The second kappa shape index (κ2) is 8.08. The molecule has 0 spiro atoms. The van der Waals surface area contributed by atoms with Crippen molar-refractivity contribution in [3.05, 3.63) is 28.7 Å². The van der Waals surface area contributed by atoms with Crippen LogP contribution >= 0.6 is 27.7 Å². The minimum Gasteiger partial charge on any atom is -0.380 e. The van der Waals surface area contributed by atoms with Gasteiger partial charge in [-0.3, -0.25) is 11.3 Å². The lowest BCUT2D eigenvalue weighted by atomic mass is 10.4. The van der Waals surface area contributed by atoms with Gasteiger partial charge in [-0.05, 0) is 35.0 Å². The third kappa shape index (κ3) is 4.84. The summed E-state index contributed by atoms with van der Waals surface area (Å²) in [7, 11) is 0. The predicted octanol–water partition coefficient (Wildman–Crippen LogP) is 2.41. The summed E-state index contributed by atoms with van der Waals surface area (Å²) in [5.74, 6) is 6.35. The topological polar surface area (TPSA) is 47.3 Å². The molecule has 0 aliphatic heterocycles. The van der Waals surface area contributed by atoms with Crippen LogP contribution in [-0.2, 0) is 4.74 Å². The second-order valence-corrected chi connectivity index (χ2v) is 5.18. The lowest BCUT2D eigenvalue weighted by Gasteiger charge is -2.15. The van der Waals surface area contributed by atoms with Crippen LogP contribution in [0.1, 0.15) is 6.92 Å². The van der Waals surface area contributed by atoms with Gasteiger partial charge < -0.3 is 4.74 Å². The zero-order valence-corrected chi connectivity index (χ0v) is 11.7. The zero-order chi connectivity index (χ0) is 11.8. The van der Waals surface area contributed by atoms with Gasteiger partial charge in [0.1, 0.15) is 0 Å². The minimum atomic E-state index is 0.178. The Labute approximate surface area is 109 Å². The van der Waals surface area contributed by atoms with E-state index in [1.807, 2.05) is 25.1 Å². The maximum Gasteiger partial charge on any atom is 0.0641 e. The number of hydrazine groups is 1. The van der Waals surface area contributed by atoms with E-state index in [0.29, 0.717) is 6.61 Å². The van der Waals surface area contributed by atoms with E-state index in [2.05, 4.69) is 27.4 Å². The van der Waals surface area contributed by atoms with Crippen molar-refractivity contribution in [2.75, 3.05) is 19.0 Å². The molecule has 90 valence electrons. The number of nitrogens with two attached hydrogens (primary N) is 1. The van der Waals surface area contributed by atoms with Gasteiger partial charge in [-0.1, -0.05) is 12.1 Å². The molecule has 0 heterocycles. The van der Waals surface area contributed by atoms with Crippen LogP contribution in [0.5, 0.6) is 0 Å². The molecule has 1 rings (SSSR count). The highest BCUT2D eigenvalue weighted by Gasteiger charge is 2.08. The molecule has 0 aliphatic carbocycles. The summed E-state index contributed by atoms with van der Waals surface area (Å²) in [6.45, 7) is 3.34. The molecular weight excluding hydrogens is 288 g/mol. The van der Waals surface area contributed by atoms with Crippen molar-refractivity contribution in [3.63, 3.8) is 0 Å². The van der Waals surface area contributed by atoms with Gasteiger partial charge in [0.2, 0.25) is 0 Å². The van der Waals surface area contributed by atoms with E-state index in [1.165, 1.54) is 4.90 Å². The first kappa shape index (κ1) is 14.0. The fourth-order valence-electron chi connectivity index (χ4n) is 1.16. The normalized spacial score (nSPS) is 12.7. The van der Waals surface area contributed by atoms with Crippen molar-refractivity contribution in [1.29, 1.82) is 0 Å². The number of ether oxygens (including phenoxy) is 1. The summed E-state index contributed by atoms with van der Waals surface area (Å²) in [5, 5.41) is 0. The van der Waals surface area contributed by atoms with Crippen molar-refractivity contribution >= 4 is 27.7 Å². The Morgan fingerprint density at radius 2 is 2.25 bits per heavy atom. The van der Waals surface area contributed by atoms with Gasteiger partial charge in [-0.2, -0.15) is 0 Å². The fourth-order valence-corrected chi connectivity index (χ4v) is 2.74. The van der Waals surface area contributed by atoms with Crippen molar-refractivity contribution in [3.8, 4) is 0 Å². The summed E-state index contributed by atoms with van der Waals surface area (Å²) in [5.41, 5.74) is 2.77. The van der Waals surface area contributed by atoms with Gasteiger partial charge >= 0.3 is 0 Å². The van der Waals surface area contributed by atoms with Crippen molar-refractivity contribution in [2.24, 2.45) is 5.84 Å². The lowest BCUT2D eigenvalue weighted by molar-refractivity contribution is 0.129. The first-order valence-corrected chi connectivity index (χ1v) is 6.97. The Bertz CT molecular complexity index is 312. The Balaban J connectivity index is 2.40. The van der Waals surface area contributed by atoms with Gasteiger partial charge in [-0.25, -0.2) is 0 Å². The number of rotatable bonds is 7. The molecule has 1 atom stereocenters. The van der Waals surface area contributed by atoms with Crippen LogP contribution in [0.2, 0.25) is 0 Å². The summed E-state index contributed by atoms with van der Waals surface area (Å²) < 4.78 is 6.46. The Morgan fingerprint density at radius 1 is 1.50 bits per heavy atom. The van der Waals surface area contributed by atoms with Crippen LogP contribution < -0.4 is 11.3 Å². The molecule has 5 heteroatoms. The van der Waals surface area contributed by atoms with E-state index in [9.17, 15) is 0 Å². The van der Waals surface area contributed by atoms with E-state index in [4.69, 9.17) is 10.6 Å². The molecule has 0 amide bonds. The third-order valence-electron chi connectivity index (χ3n) is 2.04. The molecule has 0 bridgehead atoms. The molecule has 1 unspecified atom stereocenters. The fraction of sp³-hybridized carbons (Fsp3) is 0.455. The van der Waals surface area contributed by atoms with Crippen molar-refractivity contribution < 1.29 is 4.74 Å². The Kier molecular flexibility index (Phi) is 7.07. The number of benzene rings is 1. The number of thioether (sulfide) groups is 1. The van der Waals surface area contributed by atoms with E-state index >= 15 is 0 Å². The summed E-state index contributed by atoms with van der Waals surface area (Å²) in [6, 6.07) is 8.34. The van der Waals surface area contributed by atoms with Gasteiger partial charge in [0, 0.05) is 21.7 Å². The molecule has 0 aliphatic rings. The standard InChI is InChI=1S/C11H17BrN2OS/c1-2-15-7-9(14-13)8-16-11-6-4-3-5-10(11)12/h3-6,9,14H,2,7-8,13H2,1H3. The monoisotopic (exact) mass is 304 g/mol. The van der Waals surface area contributed by atoms with Crippen LogP contribution in [0.4, 0.5) is 0 Å². The van der Waals surface area contributed by atoms with Crippen LogP contribution in [0.15, 0.2) is 33.6 Å². The smallest absolute Gasteiger partial charge is 0.0641 e. The van der Waals surface area contributed by atoms with Crippen LogP contribution in [-0.4, -0.2) is 25.0 Å². The molecule has 3 N–H and O–H groups in total. The van der Waals surface area contributed by atoms with E-state index in [-0.39, 0.29) is 6.04 Å². The number of halogens is 1. The molecular formula is C11H17BrN2OS. The van der Waals surface area contributed by atoms with Gasteiger partial charge in [-0.15, -0.1) is 11.8 Å². The molecule has 1 aromatic rings. The lowest BCUT2D eigenvalue weighted by Crippen LogP contribution is -2.40. The van der Waals surface area contributed by atoms with Crippen LogP contribution in [0, 0.1) is 0 Å². The Morgan fingerprint density at radius 3 is 2.88 bits per heavy atom. The average Bonchev–Trinajstić information content (AvgIpc) is 2.31. The summed E-state index contributed by atoms with van der Waals surface area (Å²) >= 11 is 5.28. The van der Waals surface area contributed by atoms with Crippen LogP contribution in [0.3, 0.4) is 0 Å². The molecule has 1 aromatic carbocycles. The number of hydrogen-bond acceptors (Lipinski definition) is 4. The highest BCUT2D eigenvalue weighted by molar-refractivity contribution is 9.10. The average molecular weight is 305 g/mol. The van der Waals surface area contributed by atoms with Gasteiger partial charge in [0.05, 0.1) is 12.6 Å². The van der Waals surface area contributed by atoms with Crippen molar-refractivity contribution in [2.45, 2.75) is 17.9 Å². The molecule has 0 radical (unpaired) electrons. The number of hydrogen-bond donors (Lipinski definition) is 2. The molecule has 3 nitrogen and oxygen atoms in total. The van der Waals surface area contributed by atoms with Crippen molar-refractivity contribution in [1.82, 2.24) is 5.43 Å². The maximum absolute atomic E-state index is 5.46.